The van der Waals surface area contributed by atoms with Gasteiger partial charge in [0.15, 0.2) is 0 Å². The van der Waals surface area contributed by atoms with Crippen molar-refractivity contribution in [3.05, 3.63) is 42.1 Å². The number of pyridine rings is 1. The summed E-state index contributed by atoms with van der Waals surface area (Å²) in [5.41, 5.74) is 2.15. The third kappa shape index (κ3) is 2.44. The van der Waals surface area contributed by atoms with Crippen LogP contribution in [0, 0.1) is 0 Å². The Bertz CT molecular complexity index is 657. The Balaban J connectivity index is 2.41. The maximum absolute atomic E-state index is 12.8. The van der Waals surface area contributed by atoms with E-state index in [0.717, 1.165) is 5.39 Å². The van der Waals surface area contributed by atoms with Gasteiger partial charge in [0.1, 0.15) is 0 Å². The summed E-state index contributed by atoms with van der Waals surface area (Å²) in [5.74, 6) is -2.13. The largest absolute Gasteiger partial charge is 0.480 e. The second kappa shape index (κ2) is 4.75. The van der Waals surface area contributed by atoms with Crippen LogP contribution in [0.5, 0.6) is 0 Å². The van der Waals surface area contributed by atoms with Crippen LogP contribution in [0.3, 0.4) is 0 Å². The highest BCUT2D eigenvalue weighted by Gasteiger charge is 2.58. The van der Waals surface area contributed by atoms with Crippen LogP contribution in [0.15, 0.2) is 36.4 Å². The number of carboxylic acids is 1. The number of hydrogen-bond donors (Lipinski definition) is 2. The third-order valence-electron chi connectivity index (χ3n) is 3.00. The van der Waals surface area contributed by atoms with E-state index in [0.29, 0.717) is 5.52 Å². The average molecular weight is 284 g/mol. The summed E-state index contributed by atoms with van der Waals surface area (Å²) in [6, 6.07) is 9.77. The van der Waals surface area contributed by atoms with Gasteiger partial charge < -0.3 is 10.8 Å². The molecule has 0 fully saturated rings. The summed E-state index contributed by atoms with van der Waals surface area (Å²) in [5, 5.41) is 9.52. The lowest BCUT2D eigenvalue weighted by atomic mass is 9.93. The Morgan fingerprint density at radius 1 is 1.20 bits per heavy atom. The first kappa shape index (κ1) is 14.3. The highest BCUT2D eigenvalue weighted by molar-refractivity contribution is 5.81. The van der Waals surface area contributed by atoms with Crippen LogP contribution < -0.4 is 5.73 Å². The quantitative estimate of drug-likeness (QED) is 0.905. The molecule has 1 atom stereocenters. The van der Waals surface area contributed by atoms with E-state index in [1.807, 2.05) is 0 Å². The predicted octanol–water partition coefficient (Wildman–Crippen LogP) is 2.12. The molecule has 1 aromatic heterocycles. The van der Waals surface area contributed by atoms with Crippen molar-refractivity contribution in [2.45, 2.75) is 18.1 Å². The number of halogens is 3. The first-order valence-electron chi connectivity index (χ1n) is 5.68. The number of nitrogens with two attached hydrogens (primary N) is 1. The zero-order chi connectivity index (χ0) is 15.0. The Labute approximate surface area is 112 Å². The number of carboxylic acid groups (broad SMARTS) is 1. The van der Waals surface area contributed by atoms with E-state index in [1.165, 1.54) is 6.07 Å². The lowest BCUT2D eigenvalue weighted by molar-refractivity contribution is -0.201. The van der Waals surface area contributed by atoms with Crippen molar-refractivity contribution in [3.63, 3.8) is 0 Å². The molecule has 1 aromatic carbocycles. The number of benzene rings is 1. The van der Waals surface area contributed by atoms with Crippen molar-refractivity contribution in [1.82, 2.24) is 4.98 Å². The molecule has 3 N–H and O–H groups in total. The number of carbonyl (C=O) groups is 1. The van der Waals surface area contributed by atoms with Crippen LogP contribution >= 0.6 is 0 Å². The monoisotopic (exact) mass is 284 g/mol. The Morgan fingerprint density at radius 2 is 1.85 bits per heavy atom. The molecule has 4 nitrogen and oxygen atoms in total. The van der Waals surface area contributed by atoms with Crippen LogP contribution in [0.25, 0.3) is 10.9 Å². The Kier molecular flexibility index (Phi) is 3.39. The number of alkyl halides is 3. The van der Waals surface area contributed by atoms with Crippen molar-refractivity contribution >= 4 is 16.9 Å². The number of aromatic nitrogens is 1. The van der Waals surface area contributed by atoms with Gasteiger partial charge in [0.2, 0.25) is 5.54 Å². The maximum Gasteiger partial charge on any atom is 0.417 e. The minimum atomic E-state index is -5.06. The fourth-order valence-corrected chi connectivity index (χ4v) is 1.79. The summed E-state index contributed by atoms with van der Waals surface area (Å²) < 4.78 is 38.5. The van der Waals surface area contributed by atoms with Crippen molar-refractivity contribution in [1.29, 1.82) is 0 Å². The summed E-state index contributed by atoms with van der Waals surface area (Å²) in [7, 11) is 0. The smallest absolute Gasteiger partial charge is 0.417 e. The van der Waals surface area contributed by atoms with Gasteiger partial charge in [-0.15, -0.1) is 0 Å². The van der Waals surface area contributed by atoms with Gasteiger partial charge in [-0.1, -0.05) is 24.3 Å². The van der Waals surface area contributed by atoms with Crippen LogP contribution in [0.1, 0.15) is 5.69 Å². The van der Waals surface area contributed by atoms with E-state index in [-0.39, 0.29) is 5.69 Å². The minimum absolute atomic E-state index is 0.0223. The summed E-state index contributed by atoms with van der Waals surface area (Å²) in [6.07, 6.45) is -5.98. The highest BCUT2D eigenvalue weighted by Crippen LogP contribution is 2.31. The summed E-state index contributed by atoms with van der Waals surface area (Å²) in [6.45, 7) is 0. The molecular weight excluding hydrogens is 273 g/mol. The number of hydrogen-bond acceptors (Lipinski definition) is 3. The fraction of sp³-hybridized carbons (Fsp3) is 0.231. The second-order valence-electron chi connectivity index (χ2n) is 4.45. The molecule has 106 valence electrons. The molecule has 0 spiro atoms. The van der Waals surface area contributed by atoms with Crippen LogP contribution in [-0.2, 0) is 11.2 Å². The molecule has 0 aliphatic carbocycles. The lowest BCUT2D eigenvalue weighted by Gasteiger charge is -2.27. The highest BCUT2D eigenvalue weighted by atomic mass is 19.4. The SMILES string of the molecule is NC(Cc1ccc2ccccc2n1)(C(=O)O)C(F)(F)F. The topological polar surface area (TPSA) is 76.2 Å². The van der Waals surface area contributed by atoms with E-state index < -0.39 is 24.1 Å². The summed E-state index contributed by atoms with van der Waals surface area (Å²) in [4.78, 5) is 14.9. The normalized spacial score (nSPS) is 15.0. The summed E-state index contributed by atoms with van der Waals surface area (Å²) >= 11 is 0. The molecule has 0 saturated carbocycles. The minimum Gasteiger partial charge on any atom is -0.480 e. The standard InChI is InChI=1S/C13H11F3N2O2/c14-13(15,16)12(17,11(19)20)7-9-6-5-8-3-1-2-4-10(8)18-9/h1-6H,7,17H2,(H,19,20). The molecule has 0 saturated heterocycles. The number of rotatable bonds is 3. The van der Waals surface area contributed by atoms with Gasteiger partial charge in [-0.3, -0.25) is 4.98 Å². The first-order valence-corrected chi connectivity index (χ1v) is 5.68. The lowest BCUT2D eigenvalue weighted by Crippen LogP contribution is -2.61. The zero-order valence-corrected chi connectivity index (χ0v) is 10.2. The number of fused-ring (bicyclic) bond motifs is 1. The average Bonchev–Trinajstić information content (AvgIpc) is 2.37. The van der Waals surface area contributed by atoms with Crippen LogP contribution in [-0.4, -0.2) is 27.8 Å². The molecule has 2 aromatic rings. The van der Waals surface area contributed by atoms with Gasteiger partial charge in [0, 0.05) is 17.5 Å². The molecule has 1 unspecified atom stereocenters. The van der Waals surface area contributed by atoms with E-state index in [2.05, 4.69) is 4.98 Å². The van der Waals surface area contributed by atoms with E-state index >= 15 is 0 Å². The van der Waals surface area contributed by atoms with Gasteiger partial charge in [-0.05, 0) is 12.1 Å². The predicted molar refractivity (Wildman–Crippen MR) is 66.1 cm³/mol. The molecule has 1 heterocycles. The number of nitrogens with zero attached hydrogens (tertiary/aromatic N) is 1. The van der Waals surface area contributed by atoms with Crippen LogP contribution in [0.4, 0.5) is 13.2 Å². The second-order valence-corrected chi connectivity index (χ2v) is 4.45. The number of aliphatic carboxylic acids is 1. The van der Waals surface area contributed by atoms with Gasteiger partial charge in [-0.25, -0.2) is 4.79 Å². The zero-order valence-electron chi connectivity index (χ0n) is 10.2. The Morgan fingerprint density at radius 3 is 2.45 bits per heavy atom. The van der Waals surface area contributed by atoms with Gasteiger partial charge in [0.05, 0.1) is 5.52 Å². The van der Waals surface area contributed by atoms with Crippen molar-refractivity contribution < 1.29 is 23.1 Å². The molecule has 20 heavy (non-hydrogen) atoms. The Hall–Kier alpha value is -2.15. The van der Waals surface area contributed by atoms with E-state index in [4.69, 9.17) is 10.8 Å². The van der Waals surface area contributed by atoms with Gasteiger partial charge in [-0.2, -0.15) is 13.2 Å². The van der Waals surface area contributed by atoms with Gasteiger partial charge >= 0.3 is 12.1 Å². The molecule has 7 heteroatoms. The van der Waals surface area contributed by atoms with Crippen molar-refractivity contribution in [2.75, 3.05) is 0 Å². The first-order chi connectivity index (χ1) is 9.24. The molecule has 0 amide bonds. The number of para-hydroxylation sites is 1. The molecule has 2 rings (SSSR count). The molecule has 0 bridgehead atoms. The van der Waals surface area contributed by atoms with Crippen molar-refractivity contribution in [3.8, 4) is 0 Å². The van der Waals surface area contributed by atoms with E-state index in [9.17, 15) is 18.0 Å². The maximum atomic E-state index is 12.8. The van der Waals surface area contributed by atoms with Crippen molar-refractivity contribution in [2.24, 2.45) is 5.73 Å². The van der Waals surface area contributed by atoms with Gasteiger partial charge in [0.25, 0.3) is 0 Å². The molecular formula is C13H11F3N2O2. The van der Waals surface area contributed by atoms with E-state index in [1.54, 1.807) is 30.3 Å². The van der Waals surface area contributed by atoms with Crippen LogP contribution in [0.2, 0.25) is 0 Å². The molecule has 0 aliphatic heterocycles. The molecule has 0 radical (unpaired) electrons. The third-order valence-corrected chi connectivity index (χ3v) is 3.00. The molecule has 0 aliphatic rings. The fourth-order valence-electron chi connectivity index (χ4n) is 1.79.